The van der Waals surface area contributed by atoms with Crippen molar-refractivity contribution in [3.05, 3.63) is 94.5 Å². The van der Waals surface area contributed by atoms with E-state index in [0.717, 1.165) is 20.1 Å². The second kappa shape index (κ2) is 8.39. The van der Waals surface area contributed by atoms with E-state index in [-0.39, 0.29) is 11.4 Å². The van der Waals surface area contributed by atoms with Gasteiger partial charge in [-0.25, -0.2) is 8.42 Å². The van der Waals surface area contributed by atoms with Crippen LogP contribution < -0.4 is 4.31 Å². The highest BCUT2D eigenvalue weighted by Gasteiger charge is 2.34. The van der Waals surface area contributed by atoms with E-state index in [1.54, 1.807) is 38.1 Å². The maximum absolute atomic E-state index is 13.8. The van der Waals surface area contributed by atoms with E-state index in [9.17, 15) is 13.5 Å². The number of aliphatic hydroxyl groups is 1. The zero-order chi connectivity index (χ0) is 22.2. The van der Waals surface area contributed by atoms with Crippen molar-refractivity contribution in [2.24, 2.45) is 0 Å². The maximum atomic E-state index is 13.8. The fourth-order valence-electron chi connectivity index (χ4n) is 3.55. The van der Waals surface area contributed by atoms with E-state index >= 15 is 0 Å². The van der Waals surface area contributed by atoms with Gasteiger partial charge in [-0.15, -0.1) is 11.3 Å². The highest BCUT2D eigenvalue weighted by Crippen LogP contribution is 2.45. The van der Waals surface area contributed by atoms with Gasteiger partial charge in [0.15, 0.2) is 0 Å². The van der Waals surface area contributed by atoms with Crippen molar-refractivity contribution in [3.8, 4) is 0 Å². The third kappa shape index (κ3) is 4.41. The summed E-state index contributed by atoms with van der Waals surface area (Å²) in [4.78, 5) is 0.200. The monoisotopic (exact) mass is 515 g/mol. The van der Waals surface area contributed by atoms with Crippen LogP contribution in [0.25, 0.3) is 10.1 Å². The molecule has 160 valence electrons. The standard InChI is InChI=1S/C24H22BrNO3S2/c1-24(2,27)22-20-10-6-7-11-21(20)30-23(22)26(16-17-8-4-3-5-9-17)31(28,29)19-14-12-18(25)13-15-19/h3-15,27H,16H2,1-2H3. The number of halogens is 1. The van der Waals surface area contributed by atoms with Crippen LogP contribution in [0.2, 0.25) is 0 Å². The number of hydrogen-bond acceptors (Lipinski definition) is 4. The van der Waals surface area contributed by atoms with E-state index in [1.165, 1.54) is 15.6 Å². The Bertz CT molecular complexity index is 1310. The first kappa shape index (κ1) is 22.0. The predicted octanol–water partition coefficient (Wildman–Crippen LogP) is 6.29. The lowest BCUT2D eigenvalue weighted by molar-refractivity contribution is 0.0811. The third-order valence-electron chi connectivity index (χ3n) is 4.99. The Hall–Kier alpha value is -2.19. The average Bonchev–Trinajstić information content (AvgIpc) is 3.12. The summed E-state index contributed by atoms with van der Waals surface area (Å²) in [6.07, 6.45) is 0. The van der Waals surface area contributed by atoms with Crippen LogP contribution in [0.4, 0.5) is 5.00 Å². The van der Waals surface area contributed by atoms with Gasteiger partial charge in [-0.05, 0) is 49.7 Å². The van der Waals surface area contributed by atoms with Crippen LogP contribution >= 0.6 is 27.3 Å². The summed E-state index contributed by atoms with van der Waals surface area (Å²) in [7, 11) is -3.89. The van der Waals surface area contributed by atoms with E-state index in [0.29, 0.717) is 10.6 Å². The Morgan fingerprint density at radius 3 is 2.19 bits per heavy atom. The van der Waals surface area contributed by atoms with Crippen LogP contribution in [0.5, 0.6) is 0 Å². The summed E-state index contributed by atoms with van der Waals surface area (Å²) in [5, 5.41) is 12.4. The second-order valence-corrected chi connectivity index (χ2v) is 11.6. The molecule has 1 N–H and O–H groups in total. The van der Waals surface area contributed by atoms with Crippen molar-refractivity contribution in [1.82, 2.24) is 0 Å². The lowest BCUT2D eigenvalue weighted by Crippen LogP contribution is -2.32. The summed E-state index contributed by atoms with van der Waals surface area (Å²) in [5.41, 5.74) is 0.256. The molecule has 4 nitrogen and oxygen atoms in total. The molecule has 1 aromatic heterocycles. The topological polar surface area (TPSA) is 57.6 Å². The summed E-state index contributed by atoms with van der Waals surface area (Å²) >= 11 is 4.75. The van der Waals surface area contributed by atoms with Crippen LogP contribution in [0.3, 0.4) is 0 Å². The molecule has 0 radical (unpaired) electrons. The SMILES string of the molecule is CC(C)(O)c1c(N(Cc2ccccc2)S(=O)(=O)c2ccc(Br)cc2)sc2ccccc12. The van der Waals surface area contributed by atoms with E-state index in [1.807, 2.05) is 54.6 Å². The molecular formula is C24H22BrNO3S2. The van der Waals surface area contributed by atoms with Gasteiger partial charge in [0.2, 0.25) is 0 Å². The Balaban J connectivity index is 1.97. The number of rotatable bonds is 6. The molecule has 4 aromatic rings. The largest absolute Gasteiger partial charge is 0.386 e. The molecule has 0 amide bonds. The van der Waals surface area contributed by atoms with Crippen molar-refractivity contribution in [3.63, 3.8) is 0 Å². The van der Waals surface area contributed by atoms with Gasteiger partial charge in [0, 0.05) is 20.1 Å². The minimum absolute atomic E-state index is 0.162. The first-order valence-corrected chi connectivity index (χ1v) is 12.8. The number of anilines is 1. The van der Waals surface area contributed by atoms with Crippen LogP contribution in [-0.4, -0.2) is 13.5 Å². The Kier molecular flexibility index (Phi) is 5.96. The number of nitrogens with zero attached hydrogens (tertiary/aromatic N) is 1. The molecule has 31 heavy (non-hydrogen) atoms. The van der Waals surface area contributed by atoms with E-state index in [2.05, 4.69) is 15.9 Å². The van der Waals surface area contributed by atoms with Crippen molar-refractivity contribution >= 4 is 52.4 Å². The molecule has 0 unspecified atom stereocenters. The summed E-state index contributed by atoms with van der Waals surface area (Å²) in [6, 6.07) is 23.8. The molecule has 7 heteroatoms. The van der Waals surface area contributed by atoms with Crippen LogP contribution in [0.15, 0.2) is 88.2 Å². The number of sulfonamides is 1. The van der Waals surface area contributed by atoms with Gasteiger partial charge >= 0.3 is 0 Å². The molecule has 4 rings (SSSR count). The van der Waals surface area contributed by atoms with Crippen molar-refractivity contribution < 1.29 is 13.5 Å². The molecule has 0 atom stereocenters. The molecule has 0 spiro atoms. The molecule has 1 heterocycles. The lowest BCUT2D eigenvalue weighted by atomic mass is 9.97. The summed E-state index contributed by atoms with van der Waals surface area (Å²) in [5.74, 6) is 0. The minimum atomic E-state index is -3.89. The van der Waals surface area contributed by atoms with Crippen molar-refractivity contribution in [2.45, 2.75) is 30.9 Å². The van der Waals surface area contributed by atoms with Crippen LogP contribution in [-0.2, 0) is 22.2 Å². The molecule has 0 fully saturated rings. The molecule has 0 aliphatic heterocycles. The zero-order valence-electron chi connectivity index (χ0n) is 17.1. The molecular weight excluding hydrogens is 494 g/mol. The second-order valence-electron chi connectivity index (χ2n) is 7.79. The highest BCUT2D eigenvalue weighted by molar-refractivity contribution is 9.10. The van der Waals surface area contributed by atoms with Gasteiger partial charge in [-0.1, -0.05) is 64.5 Å². The number of benzene rings is 3. The first-order valence-electron chi connectivity index (χ1n) is 9.74. The first-order chi connectivity index (χ1) is 14.7. The fourth-order valence-corrected chi connectivity index (χ4v) is 6.85. The zero-order valence-corrected chi connectivity index (χ0v) is 20.3. The quantitative estimate of drug-likeness (QED) is 0.328. The third-order valence-corrected chi connectivity index (χ3v) is 8.58. The molecule has 0 aliphatic rings. The van der Waals surface area contributed by atoms with Gasteiger partial charge in [-0.2, -0.15) is 0 Å². The molecule has 3 aromatic carbocycles. The van der Waals surface area contributed by atoms with E-state index in [4.69, 9.17) is 0 Å². The van der Waals surface area contributed by atoms with Gasteiger partial charge in [-0.3, -0.25) is 4.31 Å². The number of hydrogen-bond donors (Lipinski definition) is 1. The molecule has 0 saturated carbocycles. The number of fused-ring (bicyclic) bond motifs is 1. The summed E-state index contributed by atoms with van der Waals surface area (Å²) < 4.78 is 30.8. The fraction of sp³-hybridized carbons (Fsp3) is 0.167. The minimum Gasteiger partial charge on any atom is -0.386 e. The molecule has 0 saturated heterocycles. The van der Waals surface area contributed by atoms with Crippen LogP contribution in [0.1, 0.15) is 25.0 Å². The van der Waals surface area contributed by atoms with Gasteiger partial charge in [0.25, 0.3) is 10.0 Å². The highest BCUT2D eigenvalue weighted by atomic mass is 79.9. The smallest absolute Gasteiger partial charge is 0.265 e. The maximum Gasteiger partial charge on any atom is 0.265 e. The predicted molar refractivity (Wildman–Crippen MR) is 131 cm³/mol. The normalized spacial score (nSPS) is 12.3. The average molecular weight is 516 g/mol. The summed E-state index contributed by atoms with van der Waals surface area (Å²) in [6.45, 7) is 3.55. The van der Waals surface area contributed by atoms with Gasteiger partial charge in [0.05, 0.1) is 17.0 Å². The van der Waals surface area contributed by atoms with Gasteiger partial charge in [0.1, 0.15) is 5.00 Å². The van der Waals surface area contributed by atoms with Gasteiger partial charge < -0.3 is 5.11 Å². The Morgan fingerprint density at radius 1 is 0.935 bits per heavy atom. The lowest BCUT2D eigenvalue weighted by Gasteiger charge is -2.28. The van der Waals surface area contributed by atoms with Crippen LogP contribution in [0, 0.1) is 0 Å². The Labute approximate surface area is 195 Å². The molecule has 0 aliphatic carbocycles. The Morgan fingerprint density at radius 2 is 1.55 bits per heavy atom. The van der Waals surface area contributed by atoms with Crippen molar-refractivity contribution in [1.29, 1.82) is 0 Å². The molecule has 0 bridgehead atoms. The van der Waals surface area contributed by atoms with Crippen molar-refractivity contribution in [2.75, 3.05) is 4.31 Å². The number of thiophene rings is 1. The van der Waals surface area contributed by atoms with E-state index < -0.39 is 15.6 Å².